The van der Waals surface area contributed by atoms with Crippen molar-refractivity contribution in [3.8, 4) is 0 Å². The van der Waals surface area contributed by atoms with Crippen LogP contribution in [0, 0.1) is 0 Å². The normalized spacial score (nSPS) is 16.2. The molecule has 2 amide bonds. The van der Waals surface area contributed by atoms with Gasteiger partial charge in [0.25, 0.3) is 0 Å². The molecule has 2 N–H and O–H groups in total. The second-order valence-corrected chi connectivity index (χ2v) is 6.47. The summed E-state index contributed by atoms with van der Waals surface area (Å²) < 4.78 is 0. The lowest BCUT2D eigenvalue weighted by molar-refractivity contribution is 0.236. The number of hydrogen-bond donors (Lipinski definition) is 2. The molecule has 3 rings (SSSR count). The Morgan fingerprint density at radius 2 is 2.23 bits per heavy atom. The molecule has 0 unspecified atom stereocenters. The molecule has 1 atom stereocenters. The van der Waals surface area contributed by atoms with E-state index in [1.54, 1.807) is 11.3 Å². The molecule has 0 radical (unpaired) electrons. The predicted octanol–water partition coefficient (Wildman–Crippen LogP) is 2.70. The third kappa shape index (κ3) is 3.22. The van der Waals surface area contributed by atoms with Crippen LogP contribution in [0.4, 0.5) is 9.93 Å². The van der Waals surface area contributed by atoms with Gasteiger partial charge in [-0.1, -0.05) is 24.3 Å². The SMILES string of the molecule is CN(C)c1nc(CNC(=O)N[C@@H]2CCc3ccccc32)cs1. The fourth-order valence-electron chi connectivity index (χ4n) is 2.67. The van der Waals surface area contributed by atoms with Gasteiger partial charge in [0.2, 0.25) is 0 Å². The molecule has 1 aromatic carbocycles. The Kier molecular flexibility index (Phi) is 4.29. The van der Waals surface area contributed by atoms with Gasteiger partial charge in [-0.05, 0) is 24.0 Å². The Morgan fingerprint density at radius 1 is 1.41 bits per heavy atom. The monoisotopic (exact) mass is 316 g/mol. The van der Waals surface area contributed by atoms with Crippen molar-refractivity contribution in [2.75, 3.05) is 19.0 Å². The Labute approximate surface area is 134 Å². The van der Waals surface area contributed by atoms with Crippen molar-refractivity contribution in [2.24, 2.45) is 0 Å². The molecule has 0 fully saturated rings. The highest BCUT2D eigenvalue weighted by Gasteiger charge is 2.23. The van der Waals surface area contributed by atoms with Crippen molar-refractivity contribution >= 4 is 22.5 Å². The first-order valence-electron chi connectivity index (χ1n) is 7.37. The second kappa shape index (κ2) is 6.36. The number of rotatable bonds is 4. The van der Waals surface area contributed by atoms with Crippen molar-refractivity contribution in [3.05, 3.63) is 46.5 Å². The summed E-state index contributed by atoms with van der Waals surface area (Å²) in [7, 11) is 3.92. The van der Waals surface area contributed by atoms with Gasteiger partial charge in [0.1, 0.15) is 0 Å². The van der Waals surface area contributed by atoms with E-state index in [1.807, 2.05) is 36.5 Å². The zero-order valence-corrected chi connectivity index (χ0v) is 13.6. The van der Waals surface area contributed by atoms with E-state index in [4.69, 9.17) is 0 Å². The van der Waals surface area contributed by atoms with E-state index in [0.717, 1.165) is 23.7 Å². The van der Waals surface area contributed by atoms with E-state index in [2.05, 4.69) is 27.8 Å². The quantitative estimate of drug-likeness (QED) is 0.912. The number of hydrogen-bond acceptors (Lipinski definition) is 4. The standard InChI is InChI=1S/C16H20N4OS/c1-20(2)16-18-12(10-22-16)9-17-15(21)19-14-8-7-11-5-3-4-6-13(11)14/h3-6,10,14H,7-9H2,1-2H3,(H2,17,19,21)/t14-/m1/s1. The fraction of sp³-hybridized carbons (Fsp3) is 0.375. The highest BCUT2D eigenvalue weighted by molar-refractivity contribution is 7.13. The third-order valence-electron chi connectivity index (χ3n) is 3.79. The van der Waals surface area contributed by atoms with E-state index in [9.17, 15) is 4.79 Å². The maximum absolute atomic E-state index is 12.1. The van der Waals surface area contributed by atoms with Gasteiger partial charge in [-0.15, -0.1) is 11.3 Å². The summed E-state index contributed by atoms with van der Waals surface area (Å²) in [5.74, 6) is 0. The van der Waals surface area contributed by atoms with Gasteiger partial charge in [0, 0.05) is 19.5 Å². The molecule has 1 aromatic heterocycles. The summed E-state index contributed by atoms with van der Waals surface area (Å²) in [6.45, 7) is 0.449. The van der Waals surface area contributed by atoms with Crippen LogP contribution in [0.3, 0.4) is 0 Å². The van der Waals surface area contributed by atoms with Crippen molar-refractivity contribution in [3.63, 3.8) is 0 Å². The van der Waals surface area contributed by atoms with E-state index in [1.165, 1.54) is 11.1 Å². The van der Waals surface area contributed by atoms with Crippen molar-refractivity contribution in [2.45, 2.75) is 25.4 Å². The Hall–Kier alpha value is -2.08. The minimum Gasteiger partial charge on any atom is -0.354 e. The molecule has 22 heavy (non-hydrogen) atoms. The number of amides is 2. The number of carbonyl (C=O) groups is 1. The van der Waals surface area contributed by atoms with Crippen molar-refractivity contribution in [1.29, 1.82) is 0 Å². The summed E-state index contributed by atoms with van der Waals surface area (Å²) in [6.07, 6.45) is 1.99. The minimum absolute atomic E-state index is 0.115. The highest BCUT2D eigenvalue weighted by atomic mass is 32.1. The molecule has 2 aromatic rings. The van der Waals surface area contributed by atoms with Crippen LogP contribution in [0.15, 0.2) is 29.6 Å². The van der Waals surface area contributed by atoms with E-state index >= 15 is 0 Å². The summed E-state index contributed by atoms with van der Waals surface area (Å²) in [5, 5.41) is 8.85. The summed E-state index contributed by atoms with van der Waals surface area (Å²) in [4.78, 5) is 18.5. The van der Waals surface area contributed by atoms with Gasteiger partial charge in [-0.3, -0.25) is 0 Å². The number of aryl methyl sites for hydroxylation is 1. The molecule has 116 valence electrons. The van der Waals surface area contributed by atoms with Gasteiger partial charge >= 0.3 is 6.03 Å². The molecular weight excluding hydrogens is 296 g/mol. The maximum atomic E-state index is 12.1. The Morgan fingerprint density at radius 3 is 3.00 bits per heavy atom. The fourth-order valence-corrected chi connectivity index (χ4v) is 3.43. The smallest absolute Gasteiger partial charge is 0.315 e. The first-order chi connectivity index (χ1) is 10.6. The molecule has 1 aliphatic carbocycles. The number of nitrogens with one attached hydrogen (secondary N) is 2. The van der Waals surface area contributed by atoms with Gasteiger partial charge in [0.15, 0.2) is 5.13 Å². The number of carbonyl (C=O) groups excluding carboxylic acids is 1. The first kappa shape index (κ1) is 14.8. The zero-order chi connectivity index (χ0) is 15.5. The third-order valence-corrected chi connectivity index (χ3v) is 4.85. The lowest BCUT2D eigenvalue weighted by Gasteiger charge is -2.14. The molecule has 0 saturated heterocycles. The number of benzene rings is 1. The molecule has 6 heteroatoms. The molecule has 5 nitrogen and oxygen atoms in total. The van der Waals surface area contributed by atoms with Crippen LogP contribution in [0.1, 0.15) is 29.3 Å². The summed E-state index contributed by atoms with van der Waals surface area (Å²) in [6, 6.07) is 8.27. The average Bonchev–Trinajstić information content (AvgIpc) is 3.13. The van der Waals surface area contributed by atoms with Crippen LogP contribution in [-0.4, -0.2) is 25.1 Å². The van der Waals surface area contributed by atoms with Gasteiger partial charge in [-0.2, -0.15) is 0 Å². The lowest BCUT2D eigenvalue weighted by Crippen LogP contribution is -2.37. The van der Waals surface area contributed by atoms with Crippen molar-refractivity contribution < 1.29 is 4.79 Å². The zero-order valence-electron chi connectivity index (χ0n) is 12.8. The van der Waals surface area contributed by atoms with Crippen LogP contribution in [-0.2, 0) is 13.0 Å². The molecule has 0 aliphatic heterocycles. The molecular formula is C16H20N4OS. The summed E-state index contributed by atoms with van der Waals surface area (Å²) in [5.41, 5.74) is 3.46. The highest BCUT2D eigenvalue weighted by Crippen LogP contribution is 2.30. The second-order valence-electron chi connectivity index (χ2n) is 5.63. The van der Waals surface area contributed by atoms with Gasteiger partial charge in [0.05, 0.1) is 18.3 Å². The van der Waals surface area contributed by atoms with E-state index in [0.29, 0.717) is 6.54 Å². The van der Waals surface area contributed by atoms with Crippen LogP contribution < -0.4 is 15.5 Å². The number of aromatic nitrogens is 1. The van der Waals surface area contributed by atoms with E-state index < -0.39 is 0 Å². The minimum atomic E-state index is -0.138. The molecule has 0 bridgehead atoms. The molecule has 1 aliphatic rings. The van der Waals surface area contributed by atoms with E-state index in [-0.39, 0.29) is 12.1 Å². The Bertz CT molecular complexity index is 668. The van der Waals surface area contributed by atoms with Gasteiger partial charge < -0.3 is 15.5 Å². The van der Waals surface area contributed by atoms with Crippen LogP contribution in [0.5, 0.6) is 0 Å². The number of urea groups is 1. The molecule has 0 spiro atoms. The van der Waals surface area contributed by atoms with Gasteiger partial charge in [-0.25, -0.2) is 9.78 Å². The number of anilines is 1. The molecule has 0 saturated carbocycles. The number of thiazole rings is 1. The lowest BCUT2D eigenvalue weighted by atomic mass is 10.1. The van der Waals surface area contributed by atoms with Crippen LogP contribution >= 0.6 is 11.3 Å². The predicted molar refractivity (Wildman–Crippen MR) is 89.3 cm³/mol. The summed E-state index contributed by atoms with van der Waals surface area (Å²) >= 11 is 1.58. The van der Waals surface area contributed by atoms with Crippen LogP contribution in [0.2, 0.25) is 0 Å². The number of fused-ring (bicyclic) bond motifs is 1. The largest absolute Gasteiger partial charge is 0.354 e. The average molecular weight is 316 g/mol. The van der Waals surface area contributed by atoms with Crippen LogP contribution in [0.25, 0.3) is 0 Å². The Balaban J connectivity index is 1.53. The maximum Gasteiger partial charge on any atom is 0.315 e. The molecule has 1 heterocycles. The topological polar surface area (TPSA) is 57.3 Å². The number of nitrogens with zero attached hydrogens (tertiary/aromatic N) is 2. The first-order valence-corrected chi connectivity index (χ1v) is 8.25. The van der Waals surface area contributed by atoms with Crippen molar-refractivity contribution in [1.82, 2.24) is 15.6 Å².